The number of nitrogens with zero attached hydrogens (tertiary/aromatic N) is 1. The quantitative estimate of drug-likeness (QED) is 0.471. The number of benzene rings is 1. The minimum atomic E-state index is -0.797. The first kappa shape index (κ1) is 15.6. The Morgan fingerprint density at radius 3 is 2.63 bits per heavy atom. The number of nitro groups is 1. The van der Waals surface area contributed by atoms with E-state index in [1.165, 1.54) is 6.07 Å². The molecule has 0 bridgehead atoms. The number of nitro benzene ring substituents is 1. The van der Waals surface area contributed by atoms with Crippen molar-refractivity contribution in [2.75, 3.05) is 6.61 Å². The molecule has 1 rings (SSSR count). The Morgan fingerprint density at radius 2 is 2.11 bits per heavy atom. The molecule has 1 aromatic carbocycles. The van der Waals surface area contributed by atoms with E-state index in [-0.39, 0.29) is 18.1 Å². The lowest BCUT2D eigenvalue weighted by atomic mass is 9.85. The molecule has 0 heterocycles. The van der Waals surface area contributed by atoms with E-state index in [0.29, 0.717) is 16.6 Å². The van der Waals surface area contributed by atoms with Crippen molar-refractivity contribution < 1.29 is 14.5 Å². The molecule has 0 saturated heterocycles. The first-order chi connectivity index (χ1) is 8.77. The van der Waals surface area contributed by atoms with Gasteiger partial charge in [0, 0.05) is 16.1 Å². The van der Waals surface area contributed by atoms with E-state index < -0.39 is 10.3 Å². The van der Waals surface area contributed by atoms with Crippen molar-refractivity contribution in [3.05, 3.63) is 38.3 Å². The molecule has 0 saturated carbocycles. The highest BCUT2D eigenvalue weighted by Gasteiger charge is 2.32. The number of halogens is 1. The van der Waals surface area contributed by atoms with Crippen molar-refractivity contribution in [2.24, 2.45) is 5.41 Å². The van der Waals surface area contributed by atoms with Crippen LogP contribution in [0.1, 0.15) is 26.3 Å². The molecule has 19 heavy (non-hydrogen) atoms. The second-order valence-corrected chi connectivity index (χ2v) is 5.73. The van der Waals surface area contributed by atoms with Gasteiger partial charge in [0.1, 0.15) is 0 Å². The summed E-state index contributed by atoms with van der Waals surface area (Å²) in [6.45, 7) is 5.47. The van der Waals surface area contributed by atoms with Gasteiger partial charge in [0.2, 0.25) is 0 Å². The van der Waals surface area contributed by atoms with Crippen LogP contribution in [-0.2, 0) is 16.0 Å². The average molecular weight is 330 g/mol. The minimum absolute atomic E-state index is 0.00625. The summed E-state index contributed by atoms with van der Waals surface area (Å²) in [6.07, 6.45) is 0.259. The van der Waals surface area contributed by atoms with Gasteiger partial charge in [-0.2, -0.15) is 0 Å². The zero-order valence-electron chi connectivity index (χ0n) is 11.1. The van der Waals surface area contributed by atoms with Crippen molar-refractivity contribution in [1.29, 1.82) is 0 Å². The summed E-state index contributed by atoms with van der Waals surface area (Å²) in [6, 6.07) is 4.82. The summed E-state index contributed by atoms with van der Waals surface area (Å²) >= 11 is 3.20. The van der Waals surface area contributed by atoms with Crippen molar-refractivity contribution in [1.82, 2.24) is 0 Å². The Bertz CT molecular complexity index is 499. The number of ether oxygens (including phenoxy) is 1. The minimum Gasteiger partial charge on any atom is -0.466 e. The lowest BCUT2D eigenvalue weighted by Crippen LogP contribution is -2.29. The van der Waals surface area contributed by atoms with E-state index in [0.717, 1.165) is 0 Å². The molecular formula is C13H16BrNO4. The van der Waals surface area contributed by atoms with Crippen molar-refractivity contribution in [3.8, 4) is 0 Å². The third-order valence-corrected chi connectivity index (χ3v) is 3.20. The van der Waals surface area contributed by atoms with E-state index >= 15 is 0 Å². The lowest BCUT2D eigenvalue weighted by molar-refractivity contribution is -0.385. The Kier molecular flexibility index (Phi) is 5.05. The van der Waals surface area contributed by atoms with Crippen LogP contribution in [0.15, 0.2) is 22.7 Å². The Morgan fingerprint density at radius 1 is 1.47 bits per heavy atom. The predicted molar refractivity (Wildman–Crippen MR) is 74.9 cm³/mol. The van der Waals surface area contributed by atoms with Crippen LogP contribution in [0.4, 0.5) is 5.69 Å². The molecule has 0 fully saturated rings. The molecule has 6 heteroatoms. The van der Waals surface area contributed by atoms with Crippen molar-refractivity contribution >= 4 is 27.6 Å². The van der Waals surface area contributed by atoms with E-state index in [9.17, 15) is 14.9 Å². The van der Waals surface area contributed by atoms with Gasteiger partial charge in [-0.05, 0) is 33.3 Å². The Labute approximate surface area is 120 Å². The third-order valence-electron chi connectivity index (χ3n) is 2.70. The standard InChI is InChI=1S/C13H16BrNO4/c1-4-19-12(16)13(2,3)8-9-5-6-10(14)7-11(9)15(17)18/h5-7H,4,8H2,1-3H3. The molecule has 0 spiro atoms. The smallest absolute Gasteiger partial charge is 0.311 e. The number of rotatable bonds is 5. The van der Waals surface area contributed by atoms with Gasteiger partial charge < -0.3 is 4.74 Å². The molecule has 0 aromatic heterocycles. The Balaban J connectivity index is 3.05. The van der Waals surface area contributed by atoms with Crippen LogP contribution in [-0.4, -0.2) is 17.5 Å². The van der Waals surface area contributed by atoms with Crippen LogP contribution in [0, 0.1) is 15.5 Å². The van der Waals surface area contributed by atoms with Gasteiger partial charge >= 0.3 is 5.97 Å². The normalized spacial score (nSPS) is 11.2. The first-order valence-electron chi connectivity index (χ1n) is 5.88. The zero-order valence-corrected chi connectivity index (χ0v) is 12.7. The van der Waals surface area contributed by atoms with Gasteiger partial charge in [-0.15, -0.1) is 0 Å². The summed E-state index contributed by atoms with van der Waals surface area (Å²) < 4.78 is 5.62. The highest BCUT2D eigenvalue weighted by atomic mass is 79.9. The molecule has 0 unspecified atom stereocenters. The molecule has 5 nitrogen and oxygen atoms in total. The average Bonchev–Trinajstić information content (AvgIpc) is 2.31. The van der Waals surface area contributed by atoms with Crippen LogP contribution in [0.5, 0.6) is 0 Å². The fourth-order valence-corrected chi connectivity index (χ4v) is 2.08. The van der Waals surface area contributed by atoms with Gasteiger partial charge in [-0.3, -0.25) is 14.9 Å². The molecule has 0 aliphatic carbocycles. The van der Waals surface area contributed by atoms with Gasteiger partial charge in [0.25, 0.3) is 5.69 Å². The van der Waals surface area contributed by atoms with Crippen LogP contribution >= 0.6 is 15.9 Å². The molecule has 0 aliphatic rings. The summed E-state index contributed by atoms with van der Waals surface area (Å²) in [4.78, 5) is 22.4. The van der Waals surface area contributed by atoms with Crippen molar-refractivity contribution in [2.45, 2.75) is 27.2 Å². The fourth-order valence-electron chi connectivity index (χ4n) is 1.73. The maximum Gasteiger partial charge on any atom is 0.311 e. The molecule has 0 atom stereocenters. The molecule has 104 valence electrons. The molecule has 0 radical (unpaired) electrons. The number of hydrogen-bond acceptors (Lipinski definition) is 4. The molecule has 0 aliphatic heterocycles. The van der Waals surface area contributed by atoms with Gasteiger partial charge in [0.05, 0.1) is 16.9 Å². The summed E-state index contributed by atoms with van der Waals surface area (Å²) in [5.41, 5.74) is -0.271. The van der Waals surface area contributed by atoms with Crippen LogP contribution < -0.4 is 0 Å². The number of carbonyl (C=O) groups is 1. The highest BCUT2D eigenvalue weighted by molar-refractivity contribution is 9.10. The van der Waals surface area contributed by atoms with E-state index in [1.807, 2.05) is 0 Å². The second-order valence-electron chi connectivity index (χ2n) is 4.81. The topological polar surface area (TPSA) is 69.4 Å². The van der Waals surface area contributed by atoms with Gasteiger partial charge in [-0.1, -0.05) is 22.0 Å². The maximum absolute atomic E-state index is 11.8. The molecular weight excluding hydrogens is 314 g/mol. The van der Waals surface area contributed by atoms with Gasteiger partial charge in [0.15, 0.2) is 0 Å². The van der Waals surface area contributed by atoms with E-state index in [4.69, 9.17) is 4.74 Å². The van der Waals surface area contributed by atoms with E-state index in [1.54, 1.807) is 32.9 Å². The van der Waals surface area contributed by atoms with Crippen LogP contribution in [0.25, 0.3) is 0 Å². The first-order valence-corrected chi connectivity index (χ1v) is 6.67. The molecule has 1 aromatic rings. The zero-order chi connectivity index (χ0) is 14.6. The largest absolute Gasteiger partial charge is 0.466 e. The van der Waals surface area contributed by atoms with Crippen LogP contribution in [0.3, 0.4) is 0 Å². The number of hydrogen-bond donors (Lipinski definition) is 0. The van der Waals surface area contributed by atoms with Crippen molar-refractivity contribution in [3.63, 3.8) is 0 Å². The van der Waals surface area contributed by atoms with E-state index in [2.05, 4.69) is 15.9 Å². The monoisotopic (exact) mass is 329 g/mol. The highest BCUT2D eigenvalue weighted by Crippen LogP contribution is 2.30. The number of carbonyl (C=O) groups excluding carboxylic acids is 1. The lowest BCUT2D eigenvalue weighted by Gasteiger charge is -2.22. The summed E-state index contributed by atoms with van der Waals surface area (Å²) in [7, 11) is 0. The number of esters is 1. The predicted octanol–water partition coefficient (Wildman–Crippen LogP) is 3.49. The SMILES string of the molecule is CCOC(=O)C(C)(C)Cc1ccc(Br)cc1[N+](=O)[O-]. The summed E-state index contributed by atoms with van der Waals surface area (Å²) in [5.74, 6) is -0.354. The maximum atomic E-state index is 11.8. The Hall–Kier alpha value is -1.43. The second kappa shape index (κ2) is 6.14. The molecule has 0 amide bonds. The summed E-state index contributed by atoms with van der Waals surface area (Å²) in [5, 5.41) is 11.0. The van der Waals surface area contributed by atoms with Crippen LogP contribution in [0.2, 0.25) is 0 Å². The van der Waals surface area contributed by atoms with Gasteiger partial charge in [-0.25, -0.2) is 0 Å². The third kappa shape index (κ3) is 4.02. The fraction of sp³-hybridized carbons (Fsp3) is 0.462. The molecule has 0 N–H and O–H groups in total.